The smallest absolute Gasteiger partial charge is 0.137 e. The summed E-state index contributed by atoms with van der Waals surface area (Å²) >= 11 is 0. The minimum absolute atomic E-state index is 0.0108. The van der Waals surface area contributed by atoms with Crippen LogP contribution in [0.3, 0.4) is 0 Å². The summed E-state index contributed by atoms with van der Waals surface area (Å²) in [7, 11) is 0. The Morgan fingerprint density at radius 2 is 2.04 bits per heavy atom. The van der Waals surface area contributed by atoms with E-state index in [0.717, 1.165) is 44.9 Å². The van der Waals surface area contributed by atoms with Crippen molar-refractivity contribution in [3.8, 4) is 12.3 Å². The van der Waals surface area contributed by atoms with E-state index in [1.165, 1.54) is 18.4 Å². The lowest BCUT2D eigenvalue weighted by atomic mass is 9.52. The molecule has 4 rings (SSSR count). The molecular formula is C21H28O2. The lowest BCUT2D eigenvalue weighted by Crippen LogP contribution is -2.51. The van der Waals surface area contributed by atoms with Crippen LogP contribution >= 0.6 is 0 Å². The third kappa shape index (κ3) is 2.09. The van der Waals surface area contributed by atoms with Crippen molar-refractivity contribution in [3.05, 3.63) is 11.1 Å². The summed E-state index contributed by atoms with van der Waals surface area (Å²) < 4.78 is 0. The Bertz CT molecular complexity index is 610. The van der Waals surface area contributed by atoms with E-state index >= 15 is 0 Å². The first-order valence-electron chi connectivity index (χ1n) is 9.37. The monoisotopic (exact) mass is 312 g/mol. The second kappa shape index (κ2) is 5.21. The van der Waals surface area contributed by atoms with Gasteiger partial charge in [-0.05, 0) is 62.7 Å². The van der Waals surface area contributed by atoms with E-state index in [-0.39, 0.29) is 5.41 Å². The van der Waals surface area contributed by atoms with Gasteiger partial charge in [0.25, 0.3) is 0 Å². The standard InChI is InChI=1S/C21H28O2/c1-3-10-21(23)12-9-19-18-6-4-14-13-15(22)5-7-16(14)17(18)8-11-20(19,21)2/h1,17-19,23H,4-13H2,2H3/t17-,18-,19+,20+,21+/m1/s1. The maximum Gasteiger partial charge on any atom is 0.137 e. The molecule has 1 N–H and O–H groups in total. The summed E-state index contributed by atoms with van der Waals surface area (Å²) in [4.78, 5) is 11.8. The number of hydrogen-bond donors (Lipinski definition) is 1. The zero-order valence-corrected chi connectivity index (χ0v) is 14.2. The highest BCUT2D eigenvalue weighted by molar-refractivity contribution is 5.82. The van der Waals surface area contributed by atoms with Crippen LogP contribution in [-0.2, 0) is 4.79 Å². The van der Waals surface area contributed by atoms with Crippen LogP contribution in [0.4, 0.5) is 0 Å². The molecule has 0 unspecified atom stereocenters. The number of carbonyl (C=O) groups excluding carboxylic acids is 1. The average molecular weight is 312 g/mol. The maximum atomic E-state index is 11.8. The third-order valence-corrected chi connectivity index (χ3v) is 7.92. The molecule has 2 heteroatoms. The van der Waals surface area contributed by atoms with Gasteiger partial charge < -0.3 is 5.11 Å². The highest BCUT2D eigenvalue weighted by Crippen LogP contribution is 2.64. The second-order valence-corrected chi connectivity index (χ2v) is 8.67. The number of terminal acetylenes is 1. The van der Waals surface area contributed by atoms with Gasteiger partial charge in [-0.25, -0.2) is 0 Å². The topological polar surface area (TPSA) is 37.3 Å². The van der Waals surface area contributed by atoms with Crippen LogP contribution in [-0.4, -0.2) is 16.5 Å². The van der Waals surface area contributed by atoms with Crippen molar-refractivity contribution >= 4 is 5.78 Å². The van der Waals surface area contributed by atoms with E-state index in [1.807, 2.05) is 0 Å². The molecule has 23 heavy (non-hydrogen) atoms. The fourth-order valence-electron chi connectivity index (χ4n) is 6.62. The van der Waals surface area contributed by atoms with Crippen LogP contribution in [0.1, 0.15) is 71.1 Å². The summed E-state index contributed by atoms with van der Waals surface area (Å²) in [6, 6.07) is 0. The summed E-state index contributed by atoms with van der Waals surface area (Å²) in [5, 5.41) is 11.2. The van der Waals surface area contributed by atoms with E-state index < -0.39 is 5.60 Å². The molecule has 4 aliphatic rings. The fraction of sp³-hybridized carbons (Fsp3) is 0.762. The van der Waals surface area contributed by atoms with E-state index in [2.05, 4.69) is 12.8 Å². The molecule has 0 radical (unpaired) electrons. The lowest BCUT2D eigenvalue weighted by Gasteiger charge is -2.54. The number of hydrogen-bond acceptors (Lipinski definition) is 2. The van der Waals surface area contributed by atoms with E-state index in [9.17, 15) is 9.90 Å². The van der Waals surface area contributed by atoms with Crippen molar-refractivity contribution in [1.29, 1.82) is 0 Å². The van der Waals surface area contributed by atoms with Gasteiger partial charge in [0.15, 0.2) is 0 Å². The number of carbonyl (C=O) groups is 1. The Labute approximate surface area is 139 Å². The molecule has 124 valence electrons. The SMILES string of the molecule is C#CC[C@]1(O)CC[C@H]2[C@@H]3CCC4=C(CCC(=O)C4)[C@H]3CC[C@@]21C. The number of Topliss-reactive ketones (excluding diaryl/α,β-unsaturated/α-hetero) is 1. The number of allylic oxidation sites excluding steroid dienone is 2. The molecule has 0 bridgehead atoms. The van der Waals surface area contributed by atoms with Crippen molar-refractivity contribution in [2.45, 2.75) is 76.7 Å². The molecule has 0 aromatic heterocycles. The van der Waals surface area contributed by atoms with Gasteiger partial charge in [0, 0.05) is 24.7 Å². The number of aliphatic hydroxyl groups is 1. The Hall–Kier alpha value is -1.07. The highest BCUT2D eigenvalue weighted by Gasteiger charge is 2.61. The summed E-state index contributed by atoms with van der Waals surface area (Å²) in [6.45, 7) is 2.30. The average Bonchev–Trinajstić information content (AvgIpc) is 2.79. The van der Waals surface area contributed by atoms with Gasteiger partial charge >= 0.3 is 0 Å². The van der Waals surface area contributed by atoms with Gasteiger partial charge in [-0.2, -0.15) is 0 Å². The Morgan fingerprint density at radius 3 is 2.83 bits per heavy atom. The predicted octanol–water partition coefficient (Wildman–Crippen LogP) is 4.03. The van der Waals surface area contributed by atoms with Crippen LogP contribution in [0.25, 0.3) is 0 Å². The van der Waals surface area contributed by atoms with Crippen molar-refractivity contribution in [3.63, 3.8) is 0 Å². The molecule has 0 heterocycles. The van der Waals surface area contributed by atoms with Crippen molar-refractivity contribution in [2.75, 3.05) is 0 Å². The summed E-state index contributed by atoms with van der Waals surface area (Å²) in [5.41, 5.74) is 2.44. The molecule has 2 fully saturated rings. The molecule has 0 saturated heterocycles. The lowest BCUT2D eigenvalue weighted by molar-refractivity contribution is -0.119. The Kier molecular flexibility index (Phi) is 3.50. The quantitative estimate of drug-likeness (QED) is 0.586. The van der Waals surface area contributed by atoms with Crippen LogP contribution in [0.15, 0.2) is 11.1 Å². The van der Waals surface area contributed by atoms with Crippen LogP contribution in [0.5, 0.6) is 0 Å². The van der Waals surface area contributed by atoms with Crippen LogP contribution in [0, 0.1) is 35.5 Å². The largest absolute Gasteiger partial charge is 0.388 e. The molecule has 2 nitrogen and oxygen atoms in total. The third-order valence-electron chi connectivity index (χ3n) is 7.92. The van der Waals surface area contributed by atoms with Gasteiger partial charge in [-0.3, -0.25) is 4.79 Å². The minimum atomic E-state index is -0.658. The zero-order chi connectivity index (χ0) is 16.2. The molecule has 0 spiro atoms. The predicted molar refractivity (Wildman–Crippen MR) is 90.6 cm³/mol. The number of ketones is 1. The Morgan fingerprint density at radius 1 is 1.22 bits per heavy atom. The van der Waals surface area contributed by atoms with Crippen LogP contribution < -0.4 is 0 Å². The van der Waals surface area contributed by atoms with Crippen LogP contribution in [0.2, 0.25) is 0 Å². The van der Waals surface area contributed by atoms with E-state index in [4.69, 9.17) is 6.42 Å². The van der Waals surface area contributed by atoms with Gasteiger partial charge in [0.1, 0.15) is 5.78 Å². The molecule has 0 aliphatic heterocycles. The van der Waals surface area contributed by atoms with Gasteiger partial charge in [0.2, 0.25) is 0 Å². The molecule has 4 aliphatic carbocycles. The molecular weight excluding hydrogens is 284 g/mol. The number of fused-ring (bicyclic) bond motifs is 4. The molecule has 0 aromatic carbocycles. The van der Waals surface area contributed by atoms with Gasteiger partial charge in [-0.15, -0.1) is 12.3 Å². The maximum absolute atomic E-state index is 11.8. The first-order chi connectivity index (χ1) is 11.0. The van der Waals surface area contributed by atoms with Gasteiger partial charge in [0.05, 0.1) is 5.60 Å². The highest BCUT2D eigenvalue weighted by atomic mass is 16.3. The van der Waals surface area contributed by atoms with Crippen molar-refractivity contribution in [2.24, 2.45) is 23.2 Å². The summed E-state index contributed by atoms with van der Waals surface area (Å²) in [5.74, 6) is 5.15. The van der Waals surface area contributed by atoms with Crippen molar-refractivity contribution < 1.29 is 9.90 Å². The fourth-order valence-corrected chi connectivity index (χ4v) is 6.62. The first kappa shape index (κ1) is 15.5. The zero-order valence-electron chi connectivity index (χ0n) is 14.2. The Balaban J connectivity index is 1.64. The molecule has 0 aromatic rings. The first-order valence-corrected chi connectivity index (χ1v) is 9.37. The second-order valence-electron chi connectivity index (χ2n) is 8.67. The molecule has 0 amide bonds. The van der Waals surface area contributed by atoms with E-state index in [0.29, 0.717) is 30.0 Å². The van der Waals surface area contributed by atoms with E-state index in [1.54, 1.807) is 5.57 Å². The minimum Gasteiger partial charge on any atom is -0.388 e. The number of rotatable bonds is 1. The summed E-state index contributed by atoms with van der Waals surface area (Å²) in [6.07, 6.45) is 15.1. The molecule has 2 saturated carbocycles. The normalized spacial score (nSPS) is 46.0. The molecule has 5 atom stereocenters. The van der Waals surface area contributed by atoms with Gasteiger partial charge in [-0.1, -0.05) is 18.1 Å². The van der Waals surface area contributed by atoms with Crippen molar-refractivity contribution in [1.82, 2.24) is 0 Å².